The van der Waals surface area contributed by atoms with Crippen LogP contribution >= 0.6 is 0 Å². The number of aryl methyl sites for hydroxylation is 2. The first kappa shape index (κ1) is 24.7. The molecular weight excluding hydrogens is 436 g/mol. The van der Waals surface area contributed by atoms with Gasteiger partial charge in [0.2, 0.25) is 5.91 Å². The van der Waals surface area contributed by atoms with E-state index < -0.39 is 5.54 Å². The first-order valence-corrected chi connectivity index (χ1v) is 12.7. The maximum atomic E-state index is 13.9. The average molecular weight is 473 g/mol. The van der Waals surface area contributed by atoms with E-state index in [0.29, 0.717) is 11.4 Å². The zero-order valence-electron chi connectivity index (χ0n) is 21.5. The summed E-state index contributed by atoms with van der Waals surface area (Å²) in [5.41, 5.74) is 4.13. The fraction of sp³-hybridized carbons (Fsp3) is 0.414. The van der Waals surface area contributed by atoms with Gasteiger partial charge in [0.1, 0.15) is 11.2 Å². The van der Waals surface area contributed by atoms with Crippen LogP contribution in [-0.2, 0) is 17.8 Å². The number of carbonyl (C=O) groups is 2. The van der Waals surface area contributed by atoms with Crippen molar-refractivity contribution in [2.75, 3.05) is 4.90 Å². The van der Waals surface area contributed by atoms with E-state index in [0.717, 1.165) is 42.5 Å². The number of rotatable bonds is 8. The van der Waals surface area contributed by atoms with Crippen LogP contribution in [0.3, 0.4) is 0 Å². The zero-order valence-corrected chi connectivity index (χ0v) is 21.5. The van der Waals surface area contributed by atoms with Gasteiger partial charge in [0, 0.05) is 17.3 Å². The minimum absolute atomic E-state index is 0.0750. The SMILES string of the molecule is CCCC(CC)NC(=O)C1(C)Cn2nc(-c3ccc(CC)cc3)cc2C(=O)N1c1ccc(C)cc1. The lowest BCUT2D eigenvalue weighted by molar-refractivity contribution is -0.127. The van der Waals surface area contributed by atoms with E-state index in [4.69, 9.17) is 5.10 Å². The van der Waals surface area contributed by atoms with E-state index in [1.807, 2.05) is 56.3 Å². The molecule has 6 heteroatoms. The van der Waals surface area contributed by atoms with Crippen LogP contribution in [0.4, 0.5) is 5.69 Å². The second-order valence-corrected chi connectivity index (χ2v) is 9.74. The van der Waals surface area contributed by atoms with Crippen molar-refractivity contribution in [1.29, 1.82) is 0 Å². The summed E-state index contributed by atoms with van der Waals surface area (Å²) in [4.78, 5) is 29.4. The molecule has 0 spiro atoms. The molecule has 2 amide bonds. The van der Waals surface area contributed by atoms with Crippen LogP contribution in [0.5, 0.6) is 0 Å². The highest BCUT2D eigenvalue weighted by atomic mass is 16.2. The van der Waals surface area contributed by atoms with Gasteiger partial charge in [-0.15, -0.1) is 0 Å². The summed E-state index contributed by atoms with van der Waals surface area (Å²) in [6.07, 6.45) is 3.70. The highest BCUT2D eigenvalue weighted by molar-refractivity contribution is 6.12. The number of nitrogens with zero attached hydrogens (tertiary/aromatic N) is 3. The van der Waals surface area contributed by atoms with Gasteiger partial charge < -0.3 is 5.32 Å². The number of carbonyl (C=O) groups excluding carboxylic acids is 2. The fourth-order valence-electron chi connectivity index (χ4n) is 4.80. The van der Waals surface area contributed by atoms with Crippen molar-refractivity contribution in [3.8, 4) is 11.3 Å². The average Bonchev–Trinajstić information content (AvgIpc) is 3.29. The molecule has 0 fully saturated rings. The molecule has 3 aromatic rings. The third kappa shape index (κ3) is 4.75. The Bertz CT molecular complexity index is 1200. The van der Waals surface area contributed by atoms with E-state index in [1.165, 1.54) is 5.56 Å². The summed E-state index contributed by atoms with van der Waals surface area (Å²) < 4.78 is 1.70. The predicted molar refractivity (Wildman–Crippen MR) is 141 cm³/mol. The largest absolute Gasteiger partial charge is 0.351 e. The smallest absolute Gasteiger partial charge is 0.277 e. The summed E-state index contributed by atoms with van der Waals surface area (Å²) in [6, 6.07) is 17.9. The highest BCUT2D eigenvalue weighted by Gasteiger charge is 2.49. The Morgan fingerprint density at radius 3 is 2.37 bits per heavy atom. The maximum Gasteiger partial charge on any atom is 0.277 e. The summed E-state index contributed by atoms with van der Waals surface area (Å²) in [7, 11) is 0. The molecule has 6 nitrogen and oxygen atoms in total. The van der Waals surface area contributed by atoms with Crippen LogP contribution in [0.15, 0.2) is 54.6 Å². The topological polar surface area (TPSA) is 67.2 Å². The van der Waals surface area contributed by atoms with Gasteiger partial charge in [0.25, 0.3) is 5.91 Å². The van der Waals surface area contributed by atoms with Crippen molar-refractivity contribution in [3.05, 3.63) is 71.4 Å². The van der Waals surface area contributed by atoms with Crippen LogP contribution < -0.4 is 10.2 Å². The van der Waals surface area contributed by atoms with E-state index in [2.05, 4.69) is 38.2 Å². The summed E-state index contributed by atoms with van der Waals surface area (Å²) >= 11 is 0. The molecule has 184 valence electrons. The number of nitrogens with one attached hydrogen (secondary N) is 1. The number of benzene rings is 2. The molecule has 2 aromatic carbocycles. The van der Waals surface area contributed by atoms with Gasteiger partial charge in [-0.2, -0.15) is 5.10 Å². The first-order valence-electron chi connectivity index (χ1n) is 12.7. The molecule has 35 heavy (non-hydrogen) atoms. The Hall–Kier alpha value is -3.41. The molecule has 1 aliphatic heterocycles. The Morgan fingerprint density at radius 1 is 1.09 bits per heavy atom. The Balaban J connectivity index is 1.77. The van der Waals surface area contributed by atoms with Crippen LogP contribution in [0.1, 0.15) is 68.6 Å². The molecule has 4 rings (SSSR count). The molecule has 2 atom stereocenters. The van der Waals surface area contributed by atoms with Crippen molar-refractivity contribution in [3.63, 3.8) is 0 Å². The minimum Gasteiger partial charge on any atom is -0.351 e. The van der Waals surface area contributed by atoms with Gasteiger partial charge in [-0.3, -0.25) is 19.2 Å². The Morgan fingerprint density at radius 2 is 1.77 bits per heavy atom. The van der Waals surface area contributed by atoms with Gasteiger partial charge in [0.15, 0.2) is 0 Å². The lowest BCUT2D eigenvalue weighted by Gasteiger charge is -2.43. The molecule has 0 saturated heterocycles. The van der Waals surface area contributed by atoms with Crippen molar-refractivity contribution in [2.24, 2.45) is 0 Å². The molecule has 0 saturated carbocycles. The number of hydrogen-bond donors (Lipinski definition) is 1. The summed E-state index contributed by atoms with van der Waals surface area (Å²) in [5.74, 6) is -0.369. The zero-order chi connectivity index (χ0) is 25.2. The first-order chi connectivity index (χ1) is 16.8. The molecule has 0 aliphatic carbocycles. The lowest BCUT2D eigenvalue weighted by Crippen LogP contribution is -2.65. The number of amides is 2. The highest BCUT2D eigenvalue weighted by Crippen LogP contribution is 2.34. The fourth-order valence-corrected chi connectivity index (χ4v) is 4.80. The second kappa shape index (κ2) is 10.1. The van der Waals surface area contributed by atoms with Gasteiger partial charge >= 0.3 is 0 Å². The molecule has 2 unspecified atom stereocenters. The number of anilines is 1. The molecule has 0 bridgehead atoms. The summed E-state index contributed by atoms with van der Waals surface area (Å²) in [5, 5.41) is 7.99. The standard InChI is InChI=1S/C29H36N4O2/c1-6-9-23(8-3)30-28(35)29(5)19-32-26(27(34)33(29)24-16-10-20(4)11-17-24)18-25(31-32)22-14-12-21(7-2)13-15-22/h10-18,23H,6-9,19H2,1-5H3,(H,30,35). The molecule has 2 heterocycles. The Labute approximate surface area is 208 Å². The van der Waals surface area contributed by atoms with E-state index in [-0.39, 0.29) is 24.4 Å². The van der Waals surface area contributed by atoms with Crippen molar-refractivity contribution in [2.45, 2.75) is 78.4 Å². The van der Waals surface area contributed by atoms with Gasteiger partial charge in [0.05, 0.1) is 12.2 Å². The van der Waals surface area contributed by atoms with E-state index in [1.54, 1.807) is 9.58 Å². The number of aromatic nitrogens is 2. The Kier molecular flexibility index (Phi) is 7.10. The normalized spacial score (nSPS) is 18.3. The van der Waals surface area contributed by atoms with E-state index in [9.17, 15) is 9.59 Å². The molecular formula is C29H36N4O2. The minimum atomic E-state index is -1.12. The second-order valence-electron chi connectivity index (χ2n) is 9.74. The van der Waals surface area contributed by atoms with Crippen LogP contribution in [-0.4, -0.2) is 33.2 Å². The van der Waals surface area contributed by atoms with Crippen LogP contribution in [0.2, 0.25) is 0 Å². The third-order valence-corrected chi connectivity index (χ3v) is 7.06. The van der Waals surface area contributed by atoms with E-state index >= 15 is 0 Å². The monoisotopic (exact) mass is 472 g/mol. The van der Waals surface area contributed by atoms with Crippen LogP contribution in [0, 0.1) is 6.92 Å². The number of fused-ring (bicyclic) bond motifs is 1. The third-order valence-electron chi connectivity index (χ3n) is 7.06. The quantitative estimate of drug-likeness (QED) is 0.468. The van der Waals surface area contributed by atoms with Crippen molar-refractivity contribution < 1.29 is 9.59 Å². The lowest BCUT2D eigenvalue weighted by atomic mass is 9.93. The van der Waals surface area contributed by atoms with Gasteiger partial charge in [-0.1, -0.05) is 69.2 Å². The van der Waals surface area contributed by atoms with Crippen LogP contribution in [0.25, 0.3) is 11.3 Å². The van der Waals surface area contributed by atoms with Gasteiger partial charge in [-0.05, 0) is 56.9 Å². The molecule has 1 aliphatic rings. The maximum absolute atomic E-state index is 13.9. The van der Waals surface area contributed by atoms with Crippen molar-refractivity contribution >= 4 is 17.5 Å². The number of hydrogen-bond acceptors (Lipinski definition) is 3. The summed E-state index contributed by atoms with van der Waals surface area (Å²) in [6.45, 7) is 10.5. The molecule has 1 aromatic heterocycles. The van der Waals surface area contributed by atoms with Crippen molar-refractivity contribution in [1.82, 2.24) is 15.1 Å². The predicted octanol–water partition coefficient (Wildman–Crippen LogP) is 5.53. The molecule has 1 N–H and O–H groups in total. The van der Waals surface area contributed by atoms with Gasteiger partial charge in [-0.25, -0.2) is 0 Å². The molecule has 0 radical (unpaired) electrons.